The first-order valence-electron chi connectivity index (χ1n) is 5.70. The van der Waals surface area contributed by atoms with Gasteiger partial charge >= 0.3 is 0 Å². The van der Waals surface area contributed by atoms with Gasteiger partial charge in [0.15, 0.2) is 6.61 Å². The zero-order chi connectivity index (χ0) is 13.1. The quantitative estimate of drug-likeness (QED) is 0.764. The molecule has 2 rings (SSSR count). The van der Waals surface area contributed by atoms with Crippen LogP contribution in [0.4, 0.5) is 11.4 Å². The molecular formula is C12H17N3O3. The minimum Gasteiger partial charge on any atom is -0.490 e. The van der Waals surface area contributed by atoms with E-state index in [0.717, 1.165) is 6.54 Å². The smallest absolute Gasteiger partial charge is 0.262 e. The van der Waals surface area contributed by atoms with Gasteiger partial charge in [0.05, 0.1) is 11.4 Å². The van der Waals surface area contributed by atoms with Crippen LogP contribution in [0.15, 0.2) is 12.1 Å². The van der Waals surface area contributed by atoms with Crippen molar-refractivity contribution in [1.82, 2.24) is 4.90 Å². The van der Waals surface area contributed by atoms with E-state index in [1.54, 1.807) is 12.1 Å². The fourth-order valence-corrected chi connectivity index (χ4v) is 1.59. The number of hydrogen-bond acceptors (Lipinski definition) is 5. The molecule has 1 aliphatic heterocycles. The zero-order valence-electron chi connectivity index (χ0n) is 10.5. The average Bonchev–Trinajstić information content (AvgIpc) is 2.30. The van der Waals surface area contributed by atoms with E-state index in [1.807, 2.05) is 19.0 Å². The van der Waals surface area contributed by atoms with Crippen molar-refractivity contribution in [3.05, 3.63) is 12.1 Å². The topological polar surface area (TPSA) is 76.8 Å². The SMILES string of the molecule is CN(C)CCOc1cc2c(cc1N)OCC(=O)N2. The predicted octanol–water partition coefficient (Wildman–Crippen LogP) is 0.540. The van der Waals surface area contributed by atoms with Gasteiger partial charge in [-0.3, -0.25) is 4.79 Å². The average molecular weight is 251 g/mol. The number of carbonyl (C=O) groups excluding carboxylic acids is 1. The van der Waals surface area contributed by atoms with Crippen molar-refractivity contribution in [2.24, 2.45) is 0 Å². The van der Waals surface area contributed by atoms with E-state index in [2.05, 4.69) is 5.32 Å². The van der Waals surface area contributed by atoms with Crippen LogP contribution in [0.3, 0.4) is 0 Å². The number of rotatable bonds is 4. The molecule has 1 aromatic rings. The Balaban J connectivity index is 2.11. The molecule has 0 aliphatic carbocycles. The van der Waals surface area contributed by atoms with E-state index in [1.165, 1.54) is 0 Å². The molecule has 0 unspecified atom stereocenters. The molecule has 0 aromatic heterocycles. The second-order valence-electron chi connectivity index (χ2n) is 4.37. The highest BCUT2D eigenvalue weighted by molar-refractivity contribution is 5.96. The number of fused-ring (bicyclic) bond motifs is 1. The van der Waals surface area contributed by atoms with Crippen LogP contribution in [0.5, 0.6) is 11.5 Å². The Kier molecular flexibility index (Phi) is 3.57. The minimum atomic E-state index is -0.175. The van der Waals surface area contributed by atoms with Gasteiger partial charge < -0.3 is 25.4 Å². The van der Waals surface area contributed by atoms with Gasteiger partial charge in [-0.2, -0.15) is 0 Å². The van der Waals surface area contributed by atoms with Gasteiger partial charge in [0.2, 0.25) is 0 Å². The lowest BCUT2D eigenvalue weighted by molar-refractivity contribution is -0.118. The molecule has 1 aromatic carbocycles. The van der Waals surface area contributed by atoms with Gasteiger partial charge in [0.25, 0.3) is 5.91 Å². The zero-order valence-corrected chi connectivity index (χ0v) is 10.5. The normalized spacial score (nSPS) is 13.8. The van der Waals surface area contributed by atoms with Crippen LogP contribution < -0.4 is 20.5 Å². The van der Waals surface area contributed by atoms with Crippen molar-refractivity contribution in [3.8, 4) is 11.5 Å². The summed E-state index contributed by atoms with van der Waals surface area (Å²) in [5.41, 5.74) is 6.97. The summed E-state index contributed by atoms with van der Waals surface area (Å²) >= 11 is 0. The molecule has 0 fully saturated rings. The summed E-state index contributed by atoms with van der Waals surface area (Å²) in [6, 6.07) is 3.36. The highest BCUT2D eigenvalue weighted by Crippen LogP contribution is 2.36. The van der Waals surface area contributed by atoms with E-state index in [4.69, 9.17) is 15.2 Å². The molecule has 6 nitrogen and oxygen atoms in total. The van der Waals surface area contributed by atoms with Crippen molar-refractivity contribution in [2.75, 3.05) is 44.9 Å². The molecule has 98 valence electrons. The summed E-state index contributed by atoms with van der Waals surface area (Å²) in [4.78, 5) is 13.2. The highest BCUT2D eigenvalue weighted by atomic mass is 16.5. The predicted molar refractivity (Wildman–Crippen MR) is 69.0 cm³/mol. The molecule has 18 heavy (non-hydrogen) atoms. The number of likely N-dealkylation sites (N-methyl/N-ethyl adjacent to an activating group) is 1. The highest BCUT2D eigenvalue weighted by Gasteiger charge is 2.18. The van der Waals surface area contributed by atoms with E-state index < -0.39 is 0 Å². The summed E-state index contributed by atoms with van der Waals surface area (Å²) in [6.45, 7) is 1.34. The number of nitrogen functional groups attached to an aromatic ring is 1. The molecule has 3 N–H and O–H groups in total. The Labute approximate surface area is 106 Å². The number of benzene rings is 1. The molecule has 1 amide bonds. The van der Waals surface area contributed by atoms with Crippen molar-refractivity contribution in [3.63, 3.8) is 0 Å². The van der Waals surface area contributed by atoms with Gasteiger partial charge in [0.1, 0.15) is 18.1 Å². The van der Waals surface area contributed by atoms with Crippen LogP contribution in [0.25, 0.3) is 0 Å². The summed E-state index contributed by atoms with van der Waals surface area (Å²) in [7, 11) is 3.93. The molecule has 0 saturated carbocycles. The number of amides is 1. The number of hydrogen-bond donors (Lipinski definition) is 2. The Morgan fingerprint density at radius 1 is 1.50 bits per heavy atom. The van der Waals surface area contributed by atoms with E-state index in [-0.39, 0.29) is 12.5 Å². The van der Waals surface area contributed by atoms with Gasteiger partial charge in [0, 0.05) is 18.7 Å². The lowest BCUT2D eigenvalue weighted by Gasteiger charge is -2.20. The largest absolute Gasteiger partial charge is 0.490 e. The lowest BCUT2D eigenvalue weighted by atomic mass is 10.2. The van der Waals surface area contributed by atoms with Crippen molar-refractivity contribution in [2.45, 2.75) is 0 Å². The number of nitrogens with two attached hydrogens (primary N) is 1. The van der Waals surface area contributed by atoms with Crippen molar-refractivity contribution < 1.29 is 14.3 Å². The van der Waals surface area contributed by atoms with Gasteiger partial charge in [-0.15, -0.1) is 0 Å². The first kappa shape index (κ1) is 12.5. The number of carbonyl (C=O) groups is 1. The second-order valence-corrected chi connectivity index (χ2v) is 4.37. The first-order chi connectivity index (χ1) is 8.56. The molecule has 0 bridgehead atoms. The first-order valence-corrected chi connectivity index (χ1v) is 5.70. The summed E-state index contributed by atoms with van der Waals surface area (Å²) in [5.74, 6) is 0.958. The molecule has 0 spiro atoms. The maximum atomic E-state index is 11.2. The Bertz CT molecular complexity index is 460. The second kappa shape index (κ2) is 5.14. The Morgan fingerprint density at radius 2 is 2.28 bits per heavy atom. The molecule has 0 atom stereocenters. The van der Waals surface area contributed by atoms with Crippen LogP contribution in [0, 0.1) is 0 Å². The van der Waals surface area contributed by atoms with E-state index >= 15 is 0 Å². The number of nitrogens with one attached hydrogen (secondary N) is 1. The van der Waals surface area contributed by atoms with Crippen molar-refractivity contribution in [1.29, 1.82) is 0 Å². The molecule has 1 aliphatic rings. The van der Waals surface area contributed by atoms with Crippen LogP contribution in [0.2, 0.25) is 0 Å². The summed E-state index contributed by atoms with van der Waals surface area (Å²) in [5, 5.41) is 2.72. The van der Waals surface area contributed by atoms with Crippen LogP contribution in [-0.2, 0) is 4.79 Å². The van der Waals surface area contributed by atoms with Gasteiger partial charge in [-0.05, 0) is 14.1 Å². The number of anilines is 2. The Morgan fingerprint density at radius 3 is 3.00 bits per heavy atom. The third kappa shape index (κ3) is 2.84. The fraction of sp³-hybridized carbons (Fsp3) is 0.417. The molecule has 0 saturated heterocycles. The summed E-state index contributed by atoms with van der Waals surface area (Å²) < 4.78 is 10.8. The van der Waals surface area contributed by atoms with Crippen LogP contribution in [0.1, 0.15) is 0 Å². The fourth-order valence-electron chi connectivity index (χ4n) is 1.59. The monoisotopic (exact) mass is 251 g/mol. The lowest BCUT2D eigenvalue weighted by Crippen LogP contribution is -2.25. The number of nitrogens with zero attached hydrogens (tertiary/aromatic N) is 1. The summed E-state index contributed by atoms with van der Waals surface area (Å²) in [6.07, 6.45) is 0. The molecule has 0 radical (unpaired) electrons. The maximum absolute atomic E-state index is 11.2. The van der Waals surface area contributed by atoms with Gasteiger partial charge in [-0.25, -0.2) is 0 Å². The molecule has 1 heterocycles. The van der Waals surface area contributed by atoms with E-state index in [0.29, 0.717) is 29.5 Å². The standard InChI is InChI=1S/C12H17N3O3/c1-15(2)3-4-17-10-6-9-11(5-8(10)13)18-7-12(16)14-9/h5-6H,3-4,7,13H2,1-2H3,(H,14,16). The van der Waals surface area contributed by atoms with Gasteiger partial charge in [-0.1, -0.05) is 0 Å². The Hall–Kier alpha value is -1.95. The maximum Gasteiger partial charge on any atom is 0.262 e. The third-order valence-corrected chi connectivity index (χ3v) is 2.54. The molecular weight excluding hydrogens is 234 g/mol. The third-order valence-electron chi connectivity index (χ3n) is 2.54. The van der Waals surface area contributed by atoms with Crippen LogP contribution in [-0.4, -0.2) is 44.7 Å². The van der Waals surface area contributed by atoms with E-state index in [9.17, 15) is 4.79 Å². The van der Waals surface area contributed by atoms with Crippen LogP contribution >= 0.6 is 0 Å². The number of ether oxygens (including phenoxy) is 2. The minimum absolute atomic E-state index is 0.0211. The van der Waals surface area contributed by atoms with Crippen molar-refractivity contribution >= 4 is 17.3 Å². The molecule has 6 heteroatoms.